The van der Waals surface area contributed by atoms with Crippen molar-refractivity contribution in [2.45, 2.75) is 6.54 Å². The molecule has 0 saturated carbocycles. The predicted octanol–water partition coefficient (Wildman–Crippen LogP) is 4.50. The number of hydrogen-bond donors (Lipinski definition) is 1. The molecule has 0 amide bonds. The molecule has 5 heteroatoms. The Bertz CT molecular complexity index is 849. The Morgan fingerprint density at radius 1 is 1.00 bits per heavy atom. The fourth-order valence-electron chi connectivity index (χ4n) is 2.32. The molecule has 3 aromatic rings. The zero-order chi connectivity index (χ0) is 15.5. The van der Waals surface area contributed by atoms with Gasteiger partial charge in [0.05, 0.1) is 4.92 Å². The number of nitro benzene ring substituents is 1. The highest BCUT2D eigenvalue weighted by Gasteiger charge is 2.14. The van der Waals surface area contributed by atoms with Gasteiger partial charge >= 0.3 is 5.69 Å². The lowest BCUT2D eigenvalue weighted by molar-refractivity contribution is -0.387. The molecule has 1 N–H and O–H groups in total. The summed E-state index contributed by atoms with van der Waals surface area (Å²) in [7, 11) is 0. The molecule has 110 valence electrons. The molecule has 0 aliphatic rings. The number of fused-ring (bicyclic) bond motifs is 1. The SMILES string of the molecule is O=[N+]([O-])c1cc(NCc2ccc3ccccc3c2)ccc1F. The molecule has 0 fully saturated rings. The van der Waals surface area contributed by atoms with Gasteiger partial charge in [0.1, 0.15) is 0 Å². The van der Waals surface area contributed by atoms with Crippen LogP contribution in [0.1, 0.15) is 5.56 Å². The van der Waals surface area contributed by atoms with Gasteiger partial charge < -0.3 is 5.32 Å². The molecular formula is C17H13FN2O2. The van der Waals surface area contributed by atoms with Crippen LogP contribution in [0.2, 0.25) is 0 Å². The molecule has 0 atom stereocenters. The van der Waals surface area contributed by atoms with E-state index in [2.05, 4.69) is 11.4 Å². The van der Waals surface area contributed by atoms with E-state index in [0.29, 0.717) is 12.2 Å². The average Bonchev–Trinajstić information content (AvgIpc) is 2.53. The molecule has 0 unspecified atom stereocenters. The topological polar surface area (TPSA) is 55.2 Å². The second kappa shape index (κ2) is 5.81. The largest absolute Gasteiger partial charge is 0.381 e. The lowest BCUT2D eigenvalue weighted by atomic mass is 10.1. The summed E-state index contributed by atoms with van der Waals surface area (Å²) in [5.74, 6) is -0.832. The first-order valence-electron chi connectivity index (χ1n) is 6.79. The highest BCUT2D eigenvalue weighted by Crippen LogP contribution is 2.22. The van der Waals surface area contributed by atoms with Crippen molar-refractivity contribution in [3.63, 3.8) is 0 Å². The molecule has 0 radical (unpaired) electrons. The molecule has 0 saturated heterocycles. The van der Waals surface area contributed by atoms with Gasteiger partial charge in [-0.1, -0.05) is 36.4 Å². The van der Waals surface area contributed by atoms with Gasteiger partial charge in [0, 0.05) is 18.3 Å². The third-order valence-corrected chi connectivity index (χ3v) is 3.45. The maximum Gasteiger partial charge on any atom is 0.306 e. The molecule has 4 nitrogen and oxygen atoms in total. The molecule has 0 spiro atoms. The van der Waals surface area contributed by atoms with E-state index in [0.717, 1.165) is 22.4 Å². The zero-order valence-electron chi connectivity index (χ0n) is 11.6. The summed E-state index contributed by atoms with van der Waals surface area (Å²) in [5, 5.41) is 16.1. The monoisotopic (exact) mass is 296 g/mol. The van der Waals surface area contributed by atoms with Crippen molar-refractivity contribution in [2.24, 2.45) is 0 Å². The van der Waals surface area contributed by atoms with Crippen molar-refractivity contribution >= 4 is 22.1 Å². The fourth-order valence-corrected chi connectivity index (χ4v) is 2.32. The van der Waals surface area contributed by atoms with Crippen molar-refractivity contribution in [2.75, 3.05) is 5.32 Å². The molecule has 22 heavy (non-hydrogen) atoms. The van der Waals surface area contributed by atoms with E-state index in [1.165, 1.54) is 12.1 Å². The Balaban J connectivity index is 1.79. The standard InChI is InChI=1S/C17H13FN2O2/c18-16-8-7-15(10-17(16)20(21)22)19-11-12-5-6-13-3-1-2-4-14(13)9-12/h1-10,19H,11H2. The summed E-state index contributed by atoms with van der Waals surface area (Å²) in [6.07, 6.45) is 0. The number of nitro groups is 1. The molecule has 3 aromatic carbocycles. The molecule has 0 aliphatic carbocycles. The maximum absolute atomic E-state index is 13.3. The fraction of sp³-hybridized carbons (Fsp3) is 0.0588. The first-order chi connectivity index (χ1) is 10.6. The second-order valence-electron chi connectivity index (χ2n) is 4.96. The first-order valence-corrected chi connectivity index (χ1v) is 6.79. The van der Waals surface area contributed by atoms with Crippen molar-refractivity contribution < 1.29 is 9.31 Å². The van der Waals surface area contributed by atoms with E-state index >= 15 is 0 Å². The van der Waals surface area contributed by atoms with Gasteiger partial charge in [0.25, 0.3) is 0 Å². The molecular weight excluding hydrogens is 283 g/mol. The van der Waals surface area contributed by atoms with E-state index < -0.39 is 16.4 Å². The summed E-state index contributed by atoms with van der Waals surface area (Å²) in [5.41, 5.74) is 1.04. The van der Waals surface area contributed by atoms with E-state index in [1.807, 2.05) is 36.4 Å². The van der Waals surface area contributed by atoms with Gasteiger partial charge in [0.2, 0.25) is 5.82 Å². The second-order valence-corrected chi connectivity index (χ2v) is 4.96. The Hall–Kier alpha value is -2.95. The molecule has 0 aliphatic heterocycles. The van der Waals surface area contributed by atoms with E-state index in [1.54, 1.807) is 0 Å². The molecule has 0 bridgehead atoms. The van der Waals surface area contributed by atoms with Gasteiger partial charge in [-0.3, -0.25) is 10.1 Å². The lowest BCUT2D eigenvalue weighted by Gasteiger charge is -2.08. The number of hydrogen-bond acceptors (Lipinski definition) is 3. The van der Waals surface area contributed by atoms with Gasteiger partial charge in [-0.05, 0) is 34.5 Å². The molecule has 0 aromatic heterocycles. The average molecular weight is 296 g/mol. The molecule has 3 rings (SSSR count). The highest BCUT2D eigenvalue weighted by atomic mass is 19.1. The van der Waals surface area contributed by atoms with Crippen molar-refractivity contribution in [1.82, 2.24) is 0 Å². The van der Waals surface area contributed by atoms with Crippen LogP contribution >= 0.6 is 0 Å². The predicted molar refractivity (Wildman–Crippen MR) is 84.3 cm³/mol. The maximum atomic E-state index is 13.3. The third kappa shape index (κ3) is 2.88. The van der Waals surface area contributed by atoms with E-state index in [-0.39, 0.29) is 0 Å². The number of benzene rings is 3. The third-order valence-electron chi connectivity index (χ3n) is 3.45. The van der Waals surface area contributed by atoms with Crippen LogP contribution < -0.4 is 5.32 Å². The van der Waals surface area contributed by atoms with E-state index in [4.69, 9.17) is 0 Å². The normalized spacial score (nSPS) is 10.6. The minimum absolute atomic E-state index is 0.508. The van der Waals surface area contributed by atoms with Gasteiger partial charge in [-0.25, -0.2) is 0 Å². The van der Waals surface area contributed by atoms with Crippen LogP contribution in [0.4, 0.5) is 15.8 Å². The summed E-state index contributed by atoms with van der Waals surface area (Å²) in [6, 6.07) is 17.9. The summed E-state index contributed by atoms with van der Waals surface area (Å²) < 4.78 is 13.3. The Morgan fingerprint density at radius 2 is 1.77 bits per heavy atom. The summed E-state index contributed by atoms with van der Waals surface area (Å²) in [4.78, 5) is 10.0. The number of nitrogens with one attached hydrogen (secondary N) is 1. The Labute approximate surface area is 126 Å². The highest BCUT2D eigenvalue weighted by molar-refractivity contribution is 5.83. The molecule has 0 heterocycles. The number of nitrogens with zero attached hydrogens (tertiary/aromatic N) is 1. The van der Waals surface area contributed by atoms with Crippen molar-refractivity contribution in [3.05, 3.63) is 82.2 Å². The van der Waals surface area contributed by atoms with Gasteiger partial charge in [-0.15, -0.1) is 0 Å². The number of rotatable bonds is 4. The van der Waals surface area contributed by atoms with E-state index in [9.17, 15) is 14.5 Å². The summed E-state index contributed by atoms with van der Waals surface area (Å²) >= 11 is 0. The van der Waals surface area contributed by atoms with Crippen LogP contribution in [0.15, 0.2) is 60.7 Å². The minimum atomic E-state index is -0.832. The van der Waals surface area contributed by atoms with Crippen LogP contribution in [0.5, 0.6) is 0 Å². The van der Waals surface area contributed by atoms with Crippen LogP contribution in [0, 0.1) is 15.9 Å². The zero-order valence-corrected chi connectivity index (χ0v) is 11.6. The van der Waals surface area contributed by atoms with Gasteiger partial charge in [0.15, 0.2) is 0 Å². The number of halogens is 1. The van der Waals surface area contributed by atoms with Crippen molar-refractivity contribution in [1.29, 1.82) is 0 Å². The van der Waals surface area contributed by atoms with Crippen LogP contribution in [-0.4, -0.2) is 4.92 Å². The smallest absolute Gasteiger partial charge is 0.306 e. The summed E-state index contributed by atoms with van der Waals surface area (Å²) in [6.45, 7) is 0.508. The minimum Gasteiger partial charge on any atom is -0.381 e. The Morgan fingerprint density at radius 3 is 2.55 bits per heavy atom. The van der Waals surface area contributed by atoms with Crippen molar-refractivity contribution in [3.8, 4) is 0 Å². The quantitative estimate of drug-likeness (QED) is 0.569. The lowest BCUT2D eigenvalue weighted by Crippen LogP contribution is -2.01. The Kier molecular flexibility index (Phi) is 3.70. The van der Waals surface area contributed by atoms with Crippen LogP contribution in [-0.2, 0) is 6.54 Å². The van der Waals surface area contributed by atoms with Crippen LogP contribution in [0.3, 0.4) is 0 Å². The van der Waals surface area contributed by atoms with Gasteiger partial charge in [-0.2, -0.15) is 4.39 Å². The number of anilines is 1. The first kappa shape index (κ1) is 14.0. The van der Waals surface area contributed by atoms with Crippen LogP contribution in [0.25, 0.3) is 10.8 Å².